The second-order valence-electron chi connectivity index (χ2n) is 6.42. The monoisotopic (exact) mass is 357 g/mol. The van der Waals surface area contributed by atoms with Crippen molar-refractivity contribution in [3.05, 3.63) is 48.5 Å². The fraction of sp³-hybridized carbons (Fsp3) is 0.455. The van der Waals surface area contributed by atoms with Crippen LogP contribution in [0.2, 0.25) is 0 Å². The molecule has 1 atom stereocenters. The van der Waals surface area contributed by atoms with E-state index in [4.69, 9.17) is 14.2 Å². The van der Waals surface area contributed by atoms with Gasteiger partial charge in [-0.3, -0.25) is 0 Å². The summed E-state index contributed by atoms with van der Waals surface area (Å²) in [5.41, 5.74) is 1.04. The standard InChI is InChI=1S/C22H31NO3/c1-4-5-6-7-15-25-22-10-8-9-19(16-22)23-17-18(2)26-21-13-11-20(24-3)12-14-21/h8-14,16,18,23H,4-7,15,17H2,1-3H3. The first-order chi connectivity index (χ1) is 12.7. The van der Waals surface area contributed by atoms with Gasteiger partial charge in [-0.25, -0.2) is 0 Å². The Kier molecular flexibility index (Phi) is 8.67. The number of hydrogen-bond acceptors (Lipinski definition) is 4. The summed E-state index contributed by atoms with van der Waals surface area (Å²) in [6.07, 6.45) is 4.90. The summed E-state index contributed by atoms with van der Waals surface area (Å²) in [5.74, 6) is 2.58. The third-order valence-corrected chi connectivity index (χ3v) is 4.09. The van der Waals surface area contributed by atoms with E-state index in [9.17, 15) is 0 Å². The number of rotatable bonds is 12. The van der Waals surface area contributed by atoms with Crippen LogP contribution in [-0.4, -0.2) is 26.4 Å². The third-order valence-electron chi connectivity index (χ3n) is 4.09. The van der Waals surface area contributed by atoms with Crippen molar-refractivity contribution in [1.82, 2.24) is 0 Å². The van der Waals surface area contributed by atoms with Crippen molar-refractivity contribution in [1.29, 1.82) is 0 Å². The smallest absolute Gasteiger partial charge is 0.121 e. The number of ether oxygens (including phenoxy) is 3. The maximum atomic E-state index is 5.92. The van der Waals surface area contributed by atoms with E-state index in [0.717, 1.165) is 36.0 Å². The maximum absolute atomic E-state index is 5.92. The van der Waals surface area contributed by atoms with Crippen LogP contribution in [0.25, 0.3) is 0 Å². The second kappa shape index (κ2) is 11.3. The summed E-state index contributed by atoms with van der Waals surface area (Å²) in [6, 6.07) is 15.7. The number of nitrogens with one attached hydrogen (secondary N) is 1. The van der Waals surface area contributed by atoms with Gasteiger partial charge in [0.05, 0.1) is 20.3 Å². The lowest BCUT2D eigenvalue weighted by atomic mass is 10.2. The van der Waals surface area contributed by atoms with E-state index in [0.29, 0.717) is 6.54 Å². The van der Waals surface area contributed by atoms with Gasteiger partial charge in [-0.15, -0.1) is 0 Å². The fourth-order valence-corrected chi connectivity index (χ4v) is 2.60. The minimum Gasteiger partial charge on any atom is -0.497 e. The molecule has 0 aliphatic heterocycles. The lowest BCUT2D eigenvalue weighted by Gasteiger charge is -2.17. The summed E-state index contributed by atoms with van der Waals surface area (Å²) in [4.78, 5) is 0. The van der Waals surface area contributed by atoms with Crippen LogP contribution in [0.15, 0.2) is 48.5 Å². The highest BCUT2D eigenvalue weighted by Crippen LogP contribution is 2.20. The summed E-state index contributed by atoms with van der Waals surface area (Å²) >= 11 is 0. The molecule has 0 amide bonds. The van der Waals surface area contributed by atoms with E-state index in [-0.39, 0.29) is 6.10 Å². The lowest BCUT2D eigenvalue weighted by molar-refractivity contribution is 0.234. The Balaban J connectivity index is 1.74. The molecule has 2 rings (SSSR count). The molecule has 0 radical (unpaired) electrons. The second-order valence-corrected chi connectivity index (χ2v) is 6.42. The van der Waals surface area contributed by atoms with Crippen LogP contribution >= 0.6 is 0 Å². The van der Waals surface area contributed by atoms with E-state index in [1.807, 2.05) is 55.5 Å². The first kappa shape index (κ1) is 20.0. The van der Waals surface area contributed by atoms with Crippen LogP contribution in [0, 0.1) is 0 Å². The highest BCUT2D eigenvalue weighted by Gasteiger charge is 2.05. The molecule has 0 fully saturated rings. The molecular formula is C22H31NO3. The molecule has 0 aliphatic carbocycles. The molecule has 0 bridgehead atoms. The molecule has 0 saturated carbocycles. The molecule has 26 heavy (non-hydrogen) atoms. The highest BCUT2D eigenvalue weighted by molar-refractivity contribution is 5.48. The summed E-state index contributed by atoms with van der Waals surface area (Å²) in [7, 11) is 1.66. The van der Waals surface area contributed by atoms with E-state index < -0.39 is 0 Å². The Labute approximate surface area is 157 Å². The Morgan fingerprint density at radius 3 is 2.42 bits per heavy atom. The molecule has 4 nitrogen and oxygen atoms in total. The Morgan fingerprint density at radius 2 is 1.69 bits per heavy atom. The van der Waals surface area contributed by atoms with Gasteiger partial charge in [-0.2, -0.15) is 0 Å². The first-order valence-electron chi connectivity index (χ1n) is 9.48. The molecule has 2 aromatic rings. The van der Waals surface area contributed by atoms with Gasteiger partial charge in [-0.1, -0.05) is 32.3 Å². The third kappa shape index (κ3) is 7.26. The van der Waals surface area contributed by atoms with Crippen molar-refractivity contribution in [3.8, 4) is 17.2 Å². The lowest BCUT2D eigenvalue weighted by Crippen LogP contribution is -2.22. The summed E-state index contributed by atoms with van der Waals surface area (Å²) in [5, 5.41) is 3.41. The molecule has 0 spiro atoms. The summed E-state index contributed by atoms with van der Waals surface area (Å²) < 4.78 is 16.9. The van der Waals surface area contributed by atoms with Gasteiger partial charge >= 0.3 is 0 Å². The Bertz CT molecular complexity index is 628. The molecule has 0 aliphatic rings. The predicted octanol–water partition coefficient (Wildman–Crippen LogP) is 5.53. The van der Waals surface area contributed by atoms with Gasteiger partial charge in [0.15, 0.2) is 0 Å². The molecular weight excluding hydrogens is 326 g/mol. The number of anilines is 1. The molecule has 1 unspecified atom stereocenters. The zero-order valence-electron chi connectivity index (χ0n) is 16.2. The fourth-order valence-electron chi connectivity index (χ4n) is 2.60. The van der Waals surface area contributed by atoms with Crippen LogP contribution < -0.4 is 19.5 Å². The van der Waals surface area contributed by atoms with Crippen LogP contribution in [0.3, 0.4) is 0 Å². The highest BCUT2D eigenvalue weighted by atomic mass is 16.5. The Morgan fingerprint density at radius 1 is 0.923 bits per heavy atom. The van der Waals surface area contributed by atoms with Crippen LogP contribution in [0.1, 0.15) is 39.5 Å². The zero-order chi connectivity index (χ0) is 18.6. The van der Waals surface area contributed by atoms with Crippen molar-refractivity contribution >= 4 is 5.69 Å². The van der Waals surface area contributed by atoms with E-state index in [1.54, 1.807) is 7.11 Å². The number of hydrogen-bond donors (Lipinski definition) is 1. The van der Waals surface area contributed by atoms with Crippen molar-refractivity contribution < 1.29 is 14.2 Å². The molecule has 0 saturated heterocycles. The van der Waals surface area contributed by atoms with Gasteiger partial charge in [0.25, 0.3) is 0 Å². The van der Waals surface area contributed by atoms with Gasteiger partial charge in [-0.05, 0) is 49.7 Å². The van der Waals surface area contributed by atoms with Crippen LogP contribution in [0.5, 0.6) is 17.2 Å². The average molecular weight is 357 g/mol. The zero-order valence-corrected chi connectivity index (χ0v) is 16.2. The summed E-state index contributed by atoms with van der Waals surface area (Å²) in [6.45, 7) is 5.76. The van der Waals surface area contributed by atoms with Crippen molar-refractivity contribution in [2.45, 2.75) is 45.6 Å². The van der Waals surface area contributed by atoms with E-state index in [2.05, 4.69) is 12.2 Å². The number of unbranched alkanes of at least 4 members (excludes halogenated alkanes) is 3. The van der Waals surface area contributed by atoms with E-state index in [1.165, 1.54) is 19.3 Å². The van der Waals surface area contributed by atoms with Gasteiger partial charge in [0.1, 0.15) is 23.4 Å². The SMILES string of the molecule is CCCCCCOc1cccc(NCC(C)Oc2ccc(OC)cc2)c1. The van der Waals surface area contributed by atoms with Crippen LogP contribution in [0.4, 0.5) is 5.69 Å². The van der Waals surface area contributed by atoms with Crippen molar-refractivity contribution in [3.63, 3.8) is 0 Å². The maximum Gasteiger partial charge on any atom is 0.121 e. The minimum atomic E-state index is 0.0435. The van der Waals surface area contributed by atoms with E-state index >= 15 is 0 Å². The van der Waals surface area contributed by atoms with Crippen molar-refractivity contribution in [2.24, 2.45) is 0 Å². The van der Waals surface area contributed by atoms with Gasteiger partial charge in [0.2, 0.25) is 0 Å². The quantitative estimate of drug-likeness (QED) is 0.507. The molecule has 0 aromatic heterocycles. The van der Waals surface area contributed by atoms with Gasteiger partial charge in [0, 0.05) is 11.8 Å². The number of methoxy groups -OCH3 is 1. The minimum absolute atomic E-state index is 0.0435. The molecule has 142 valence electrons. The van der Waals surface area contributed by atoms with Gasteiger partial charge < -0.3 is 19.5 Å². The van der Waals surface area contributed by atoms with Crippen molar-refractivity contribution in [2.75, 3.05) is 25.6 Å². The molecule has 0 heterocycles. The molecule has 1 N–H and O–H groups in total. The molecule has 4 heteroatoms. The predicted molar refractivity (Wildman–Crippen MR) is 108 cm³/mol. The first-order valence-corrected chi connectivity index (χ1v) is 9.48. The van der Waals surface area contributed by atoms with Crippen LogP contribution in [-0.2, 0) is 0 Å². The number of benzene rings is 2. The average Bonchev–Trinajstić information content (AvgIpc) is 2.67. The normalized spacial score (nSPS) is 11.7. The molecule has 2 aromatic carbocycles. The largest absolute Gasteiger partial charge is 0.497 e. The topological polar surface area (TPSA) is 39.7 Å². The Hall–Kier alpha value is -2.36.